The van der Waals surface area contributed by atoms with Crippen LogP contribution in [0, 0.1) is 6.92 Å². The number of benzene rings is 1. The molecule has 1 saturated heterocycles. The molecule has 1 aromatic heterocycles. The van der Waals surface area contributed by atoms with Crippen molar-refractivity contribution in [3.05, 3.63) is 47.0 Å². The maximum absolute atomic E-state index is 13.3. The van der Waals surface area contributed by atoms with Crippen LogP contribution in [0.2, 0.25) is 5.02 Å². The molecule has 35 heavy (non-hydrogen) atoms. The Bertz CT molecular complexity index is 1080. The molecule has 4 amide bonds. The van der Waals surface area contributed by atoms with Crippen LogP contribution in [0.15, 0.2) is 30.5 Å². The van der Waals surface area contributed by atoms with E-state index in [1.54, 1.807) is 46.2 Å². The number of urea groups is 1. The average Bonchev–Trinajstić information content (AvgIpc) is 3.37. The summed E-state index contributed by atoms with van der Waals surface area (Å²) in [7, 11) is 0. The van der Waals surface area contributed by atoms with Gasteiger partial charge in [-0.1, -0.05) is 22.8 Å². The molecule has 2 aliphatic rings. The summed E-state index contributed by atoms with van der Waals surface area (Å²) in [6, 6.07) is 5.30. The van der Waals surface area contributed by atoms with Crippen molar-refractivity contribution in [2.24, 2.45) is 0 Å². The van der Waals surface area contributed by atoms with Crippen molar-refractivity contribution in [3.8, 4) is 0 Å². The Labute approximate surface area is 212 Å². The molecule has 0 aliphatic carbocycles. The summed E-state index contributed by atoms with van der Waals surface area (Å²) >= 11 is 4.78. The number of amides is 4. The number of carbonyl (C=O) groups is 3. The molecular weight excluding hydrogens is 492 g/mol. The average molecular weight is 521 g/mol. The molecule has 4 rings (SSSR count). The lowest BCUT2D eigenvalue weighted by molar-refractivity contribution is -0.134. The Morgan fingerprint density at radius 1 is 1.26 bits per heavy atom. The summed E-state index contributed by atoms with van der Waals surface area (Å²) in [4.78, 5) is 46.4. The largest absolute Gasteiger partial charge is 0.617 e. The van der Waals surface area contributed by atoms with Crippen molar-refractivity contribution in [3.63, 3.8) is 0 Å². The quantitative estimate of drug-likeness (QED) is 0.543. The van der Waals surface area contributed by atoms with Gasteiger partial charge in [-0.2, -0.15) is 0 Å². The molecule has 188 valence electrons. The topological polar surface area (TPSA) is 123 Å². The zero-order chi connectivity index (χ0) is 25.1. The lowest BCUT2D eigenvalue weighted by Crippen LogP contribution is -2.54. The van der Waals surface area contributed by atoms with Crippen molar-refractivity contribution in [1.82, 2.24) is 24.7 Å². The molecule has 0 spiro atoms. The zero-order valence-electron chi connectivity index (χ0n) is 19.7. The van der Waals surface area contributed by atoms with Gasteiger partial charge in [0.25, 0.3) is 0 Å². The molecule has 2 atom stereocenters. The van der Waals surface area contributed by atoms with Crippen LogP contribution in [0.3, 0.4) is 0 Å². The van der Waals surface area contributed by atoms with Gasteiger partial charge in [-0.15, -0.1) is 0 Å². The van der Waals surface area contributed by atoms with Gasteiger partial charge in [0.2, 0.25) is 5.91 Å². The Balaban J connectivity index is 1.34. The monoisotopic (exact) mass is 520 g/mol. The summed E-state index contributed by atoms with van der Waals surface area (Å²) in [5, 5.41) is 5.98. The predicted octanol–water partition coefficient (Wildman–Crippen LogP) is 2.58. The zero-order valence-corrected chi connectivity index (χ0v) is 21.3. The number of piperidine rings is 1. The van der Waals surface area contributed by atoms with Crippen LogP contribution in [0.4, 0.5) is 15.3 Å². The highest BCUT2D eigenvalue weighted by Gasteiger charge is 2.37. The summed E-state index contributed by atoms with van der Waals surface area (Å²) < 4.78 is 13.3. The third-order valence-electron chi connectivity index (χ3n) is 6.40. The third kappa shape index (κ3) is 5.91. The maximum atomic E-state index is 13.3. The number of aromatic nitrogens is 2. The van der Waals surface area contributed by atoms with E-state index in [0.29, 0.717) is 54.8 Å². The fourth-order valence-electron chi connectivity index (χ4n) is 4.54. The van der Waals surface area contributed by atoms with E-state index in [4.69, 9.17) is 11.6 Å². The van der Waals surface area contributed by atoms with Crippen LogP contribution < -0.4 is 10.6 Å². The van der Waals surface area contributed by atoms with Crippen LogP contribution in [0.1, 0.15) is 30.8 Å². The molecule has 2 N–H and O–H groups in total. The van der Waals surface area contributed by atoms with Gasteiger partial charge in [0, 0.05) is 36.3 Å². The van der Waals surface area contributed by atoms with Crippen LogP contribution in [0.25, 0.3) is 0 Å². The van der Waals surface area contributed by atoms with Crippen molar-refractivity contribution in [2.45, 2.75) is 44.8 Å². The first kappa shape index (κ1) is 25.3. The minimum atomic E-state index is -1.10. The molecule has 1 aromatic carbocycles. The van der Waals surface area contributed by atoms with E-state index in [0.717, 1.165) is 5.69 Å². The molecule has 2 aromatic rings. The molecule has 1 fully saturated rings. The van der Waals surface area contributed by atoms with E-state index in [1.165, 1.54) is 0 Å². The molecule has 12 heteroatoms. The molecule has 0 bridgehead atoms. The van der Waals surface area contributed by atoms with E-state index >= 15 is 0 Å². The number of hydrogen-bond donors (Lipinski definition) is 2. The SMILES string of the molecule is Cc1ncc2n1C(=O)N(C1CCN(C(=O)[C@@H](CC[S+](C)[O-])NC(=O)Nc3ccc(Cl)cc3)CC1)C2. The van der Waals surface area contributed by atoms with Crippen molar-refractivity contribution in [2.75, 3.05) is 30.4 Å². The van der Waals surface area contributed by atoms with Gasteiger partial charge in [-0.25, -0.2) is 14.6 Å². The molecule has 0 radical (unpaired) electrons. The smallest absolute Gasteiger partial charge is 0.330 e. The highest BCUT2D eigenvalue weighted by atomic mass is 35.5. The molecular formula is C23H29ClN6O4S. The fraction of sp³-hybridized carbons (Fsp3) is 0.478. The third-order valence-corrected chi connectivity index (χ3v) is 7.46. The first-order valence-corrected chi connectivity index (χ1v) is 13.6. The Morgan fingerprint density at radius 2 is 1.94 bits per heavy atom. The second kappa shape index (κ2) is 10.9. The van der Waals surface area contributed by atoms with Gasteiger partial charge in [0.15, 0.2) is 0 Å². The number of nitrogens with zero attached hydrogens (tertiary/aromatic N) is 4. The number of halogens is 1. The van der Waals surface area contributed by atoms with Crippen molar-refractivity contribution < 1.29 is 18.9 Å². The summed E-state index contributed by atoms with van der Waals surface area (Å²) in [6.45, 7) is 3.29. The number of aryl methyl sites for hydroxylation is 1. The molecule has 2 aliphatic heterocycles. The van der Waals surface area contributed by atoms with E-state index < -0.39 is 23.2 Å². The minimum Gasteiger partial charge on any atom is -0.617 e. The van der Waals surface area contributed by atoms with Gasteiger partial charge < -0.3 is 25.0 Å². The van der Waals surface area contributed by atoms with Crippen LogP contribution >= 0.6 is 11.6 Å². The number of rotatable bonds is 7. The van der Waals surface area contributed by atoms with E-state index in [-0.39, 0.29) is 24.4 Å². The van der Waals surface area contributed by atoms with Gasteiger partial charge >= 0.3 is 12.1 Å². The fourth-order valence-corrected chi connectivity index (χ4v) is 5.23. The maximum Gasteiger partial charge on any atom is 0.330 e. The molecule has 10 nitrogen and oxygen atoms in total. The van der Waals surface area contributed by atoms with Gasteiger partial charge in [0.05, 0.1) is 24.7 Å². The number of anilines is 1. The minimum absolute atomic E-state index is 0.0357. The number of imidazole rings is 1. The summed E-state index contributed by atoms with van der Waals surface area (Å²) in [5.41, 5.74) is 1.43. The molecule has 3 heterocycles. The lowest BCUT2D eigenvalue weighted by Gasteiger charge is -2.37. The first-order chi connectivity index (χ1) is 16.7. The van der Waals surface area contributed by atoms with Gasteiger partial charge in [0.1, 0.15) is 17.6 Å². The number of carbonyl (C=O) groups excluding carboxylic acids is 3. The standard InChI is InChI=1S/C23H29ClN6O4S/c1-15-25-13-19-14-29(23(33)30(15)19)18-7-10-28(11-8-18)21(31)20(9-12-35(2)34)27-22(32)26-17-5-3-16(24)4-6-17/h3-6,13,18,20H,7-12,14H2,1-2H3,(H2,26,27,32)/t20-,35?/m1/s1. The van der Waals surface area contributed by atoms with Crippen molar-refractivity contribution in [1.29, 1.82) is 0 Å². The Hall–Kier alpha value is -2.76. The van der Waals surface area contributed by atoms with E-state index in [1.807, 2.05) is 11.8 Å². The number of nitrogens with one attached hydrogen (secondary N) is 2. The van der Waals surface area contributed by atoms with E-state index in [9.17, 15) is 18.9 Å². The molecule has 1 unspecified atom stereocenters. The number of likely N-dealkylation sites (tertiary alicyclic amines) is 1. The van der Waals surface area contributed by atoms with E-state index in [2.05, 4.69) is 15.6 Å². The van der Waals surface area contributed by atoms with Crippen LogP contribution in [-0.4, -0.2) is 79.1 Å². The second-order valence-corrected chi connectivity index (χ2v) is 10.8. The molecule has 0 saturated carbocycles. The normalized spacial score (nSPS) is 17.8. The summed E-state index contributed by atoms with van der Waals surface area (Å²) in [5.74, 6) is 0.765. The van der Waals surface area contributed by atoms with Gasteiger partial charge in [-0.3, -0.25) is 9.36 Å². The second-order valence-electron chi connectivity index (χ2n) is 8.82. The lowest BCUT2D eigenvalue weighted by atomic mass is 10.0. The summed E-state index contributed by atoms with van der Waals surface area (Å²) in [6.07, 6.45) is 4.87. The number of hydrogen-bond acceptors (Lipinski definition) is 5. The highest BCUT2D eigenvalue weighted by molar-refractivity contribution is 7.90. The van der Waals surface area contributed by atoms with Gasteiger partial charge in [-0.05, 0) is 44.0 Å². The van der Waals surface area contributed by atoms with Crippen molar-refractivity contribution >= 4 is 46.4 Å². The Kier molecular flexibility index (Phi) is 7.88. The first-order valence-electron chi connectivity index (χ1n) is 11.5. The van der Waals surface area contributed by atoms with Crippen LogP contribution in [-0.2, 0) is 22.5 Å². The number of fused-ring (bicyclic) bond motifs is 1. The highest BCUT2D eigenvalue weighted by Crippen LogP contribution is 2.26. The Morgan fingerprint density at radius 3 is 2.57 bits per heavy atom. The van der Waals surface area contributed by atoms with Crippen LogP contribution in [0.5, 0.6) is 0 Å². The predicted molar refractivity (Wildman–Crippen MR) is 134 cm³/mol.